The van der Waals surface area contributed by atoms with Gasteiger partial charge in [0.25, 0.3) is 11.3 Å². The first-order valence-electron chi connectivity index (χ1n) is 7.97. The zero-order valence-electron chi connectivity index (χ0n) is 14.9. The van der Waals surface area contributed by atoms with Crippen molar-refractivity contribution >= 4 is 22.9 Å². The summed E-state index contributed by atoms with van der Waals surface area (Å²) in [7, 11) is 0. The molecule has 1 aromatic heterocycles. The van der Waals surface area contributed by atoms with Gasteiger partial charge in [0.15, 0.2) is 6.61 Å². The molecule has 0 radical (unpaired) electrons. The van der Waals surface area contributed by atoms with Crippen molar-refractivity contribution in [3.8, 4) is 5.75 Å². The van der Waals surface area contributed by atoms with Crippen molar-refractivity contribution in [2.24, 2.45) is 0 Å². The van der Waals surface area contributed by atoms with Crippen LogP contribution in [0.3, 0.4) is 0 Å². The van der Waals surface area contributed by atoms with Crippen molar-refractivity contribution in [2.45, 2.75) is 32.9 Å². The average Bonchev–Trinajstić information content (AvgIpc) is 2.57. The lowest BCUT2D eigenvalue weighted by Gasteiger charge is -2.20. The van der Waals surface area contributed by atoms with Gasteiger partial charge in [0.05, 0.1) is 18.4 Å². The minimum atomic E-state index is -2.21. The Morgan fingerprint density at radius 1 is 1.27 bits per heavy atom. The number of pyridine rings is 1. The monoisotopic (exact) mass is 378 g/mol. The fourth-order valence-corrected chi connectivity index (χ4v) is 2.70. The van der Waals surface area contributed by atoms with Crippen molar-refractivity contribution in [1.82, 2.24) is 4.98 Å². The Morgan fingerprint density at radius 2 is 2.04 bits per heavy atom. The summed E-state index contributed by atoms with van der Waals surface area (Å²) in [5.74, 6) is 0.0135. The molecule has 1 unspecified atom stereocenters. The maximum Gasteiger partial charge on any atom is 0.344 e. The van der Waals surface area contributed by atoms with E-state index in [0.29, 0.717) is 11.4 Å². The summed E-state index contributed by atoms with van der Waals surface area (Å²) in [5, 5.41) is 0. The van der Waals surface area contributed by atoms with Crippen LogP contribution >= 0.6 is 0 Å². The number of carbonyl (C=O) groups is 1. The second kappa shape index (κ2) is 8.77. The van der Waals surface area contributed by atoms with E-state index in [2.05, 4.69) is 4.98 Å². The van der Waals surface area contributed by atoms with Gasteiger partial charge < -0.3 is 9.47 Å². The topological polar surface area (TPSA) is 89.0 Å². The molecular formula is C18H22N2O5S. The molecule has 0 aliphatic rings. The predicted molar refractivity (Wildman–Crippen MR) is 99.0 cm³/mol. The smallest absolute Gasteiger partial charge is 0.344 e. The van der Waals surface area contributed by atoms with Crippen LogP contribution in [0.5, 0.6) is 5.75 Å². The number of ether oxygens (including phenoxy) is 2. The first-order valence-corrected chi connectivity index (χ1v) is 9.03. The molecule has 0 aliphatic carbocycles. The molecule has 0 spiro atoms. The Labute approximate surface area is 155 Å². The summed E-state index contributed by atoms with van der Waals surface area (Å²) in [6, 6.07) is 10.4. The highest BCUT2D eigenvalue weighted by Crippen LogP contribution is 2.20. The SMILES string of the molecule is CC(C)(C)OC(=O)COc1cccc(CN(c2cccnc2)S(=O)O)c1. The van der Waals surface area contributed by atoms with Crippen molar-refractivity contribution < 1.29 is 23.0 Å². The van der Waals surface area contributed by atoms with E-state index < -0.39 is 22.8 Å². The van der Waals surface area contributed by atoms with Gasteiger partial charge in [-0.15, -0.1) is 0 Å². The Kier molecular flexibility index (Phi) is 6.70. The summed E-state index contributed by atoms with van der Waals surface area (Å²) in [6.07, 6.45) is 3.10. The van der Waals surface area contributed by atoms with Crippen LogP contribution < -0.4 is 9.04 Å². The van der Waals surface area contributed by atoms with Crippen molar-refractivity contribution in [3.05, 3.63) is 54.4 Å². The van der Waals surface area contributed by atoms with E-state index in [1.807, 2.05) is 0 Å². The molecule has 0 bridgehead atoms. The number of hydrogen-bond acceptors (Lipinski definition) is 5. The molecule has 26 heavy (non-hydrogen) atoms. The summed E-state index contributed by atoms with van der Waals surface area (Å²) < 4.78 is 33.2. The molecule has 0 saturated heterocycles. The normalized spacial score (nSPS) is 12.3. The first kappa shape index (κ1) is 19.9. The Morgan fingerprint density at radius 3 is 2.65 bits per heavy atom. The quantitative estimate of drug-likeness (QED) is 0.589. The molecule has 2 aromatic rings. The second-order valence-corrected chi connectivity index (χ2v) is 7.40. The zero-order valence-corrected chi connectivity index (χ0v) is 15.7. The van der Waals surface area contributed by atoms with E-state index >= 15 is 0 Å². The molecule has 2 rings (SSSR count). The lowest BCUT2D eigenvalue weighted by atomic mass is 10.2. The maximum atomic E-state index is 11.7. The van der Waals surface area contributed by atoms with Gasteiger partial charge in [-0.25, -0.2) is 9.00 Å². The minimum absolute atomic E-state index is 0.179. The van der Waals surface area contributed by atoms with Gasteiger partial charge in [-0.3, -0.25) is 13.8 Å². The number of hydrogen-bond donors (Lipinski definition) is 1. The molecule has 1 heterocycles. The van der Waals surface area contributed by atoms with Gasteiger partial charge in [-0.1, -0.05) is 12.1 Å². The van der Waals surface area contributed by atoms with Crippen LogP contribution in [0.2, 0.25) is 0 Å². The zero-order chi connectivity index (χ0) is 19.2. The molecule has 0 amide bonds. The van der Waals surface area contributed by atoms with Crippen LogP contribution in [0.1, 0.15) is 26.3 Å². The molecule has 1 aromatic carbocycles. The number of rotatable bonds is 7. The second-order valence-electron chi connectivity index (χ2n) is 6.50. The number of carbonyl (C=O) groups excluding carboxylic acids is 1. The molecule has 140 valence electrons. The third-order valence-corrected chi connectivity index (χ3v) is 3.84. The fraction of sp³-hybridized carbons (Fsp3) is 0.333. The third-order valence-electron chi connectivity index (χ3n) is 3.12. The number of nitrogens with zero attached hydrogens (tertiary/aromatic N) is 2. The highest BCUT2D eigenvalue weighted by molar-refractivity contribution is 7.80. The average molecular weight is 378 g/mol. The van der Waals surface area contributed by atoms with E-state index in [-0.39, 0.29) is 13.2 Å². The summed E-state index contributed by atoms with van der Waals surface area (Å²) in [5.41, 5.74) is 0.698. The van der Waals surface area contributed by atoms with E-state index in [0.717, 1.165) is 5.56 Å². The lowest BCUT2D eigenvalue weighted by molar-refractivity contribution is -0.157. The van der Waals surface area contributed by atoms with Crippen LogP contribution in [0.25, 0.3) is 0 Å². The molecular weight excluding hydrogens is 356 g/mol. The summed E-state index contributed by atoms with van der Waals surface area (Å²) in [6.45, 7) is 5.33. The molecule has 1 atom stereocenters. The van der Waals surface area contributed by atoms with Gasteiger partial charge in [0, 0.05) is 6.20 Å². The van der Waals surface area contributed by atoms with E-state index in [4.69, 9.17) is 9.47 Å². The van der Waals surface area contributed by atoms with Crippen LogP contribution in [0.15, 0.2) is 48.8 Å². The largest absolute Gasteiger partial charge is 0.482 e. The van der Waals surface area contributed by atoms with E-state index in [9.17, 15) is 13.6 Å². The lowest BCUT2D eigenvalue weighted by Crippen LogP contribution is -2.27. The van der Waals surface area contributed by atoms with Gasteiger partial charge in [-0.2, -0.15) is 0 Å². The highest BCUT2D eigenvalue weighted by Gasteiger charge is 2.17. The number of benzene rings is 1. The van der Waals surface area contributed by atoms with Crippen LogP contribution in [0, 0.1) is 0 Å². The standard InChI is InChI=1S/C18H22N2O5S/c1-18(2,3)25-17(21)13-24-16-8-4-6-14(10-16)12-20(26(22)23)15-7-5-9-19-11-15/h4-11H,12-13H2,1-3H3,(H,22,23). The molecule has 0 fully saturated rings. The summed E-state index contributed by atoms with van der Waals surface area (Å²) in [4.78, 5) is 15.7. The van der Waals surface area contributed by atoms with Crippen molar-refractivity contribution in [3.63, 3.8) is 0 Å². The van der Waals surface area contributed by atoms with Crippen molar-refractivity contribution in [2.75, 3.05) is 10.9 Å². The molecule has 0 saturated carbocycles. The maximum absolute atomic E-state index is 11.7. The Hall–Kier alpha value is -2.45. The Balaban J connectivity index is 2.04. The number of aromatic nitrogens is 1. The number of esters is 1. The highest BCUT2D eigenvalue weighted by atomic mass is 32.2. The summed E-state index contributed by atoms with van der Waals surface area (Å²) >= 11 is -2.21. The van der Waals surface area contributed by atoms with Gasteiger partial charge in [0.1, 0.15) is 11.4 Å². The van der Waals surface area contributed by atoms with Crippen LogP contribution in [-0.2, 0) is 27.3 Å². The van der Waals surface area contributed by atoms with Crippen molar-refractivity contribution in [1.29, 1.82) is 0 Å². The van der Waals surface area contributed by atoms with Crippen LogP contribution in [0.4, 0.5) is 5.69 Å². The van der Waals surface area contributed by atoms with Crippen LogP contribution in [-0.4, -0.2) is 31.9 Å². The molecule has 1 N–H and O–H groups in total. The van der Waals surface area contributed by atoms with Gasteiger partial charge in [-0.05, 0) is 50.6 Å². The van der Waals surface area contributed by atoms with Gasteiger partial charge in [0.2, 0.25) is 0 Å². The predicted octanol–water partition coefficient (Wildman–Crippen LogP) is 2.95. The molecule has 8 heteroatoms. The first-order chi connectivity index (χ1) is 12.2. The molecule has 0 aliphatic heterocycles. The minimum Gasteiger partial charge on any atom is -0.482 e. The molecule has 7 nitrogen and oxygen atoms in total. The van der Waals surface area contributed by atoms with E-state index in [1.54, 1.807) is 63.4 Å². The fourth-order valence-electron chi connectivity index (χ4n) is 2.15. The van der Waals surface area contributed by atoms with E-state index in [1.165, 1.54) is 10.5 Å². The third kappa shape index (κ3) is 6.45. The van der Waals surface area contributed by atoms with Gasteiger partial charge >= 0.3 is 5.97 Å². The number of anilines is 1. The Bertz CT molecular complexity index is 762.